The molecule has 0 spiro atoms. The Balaban J connectivity index is 0.548. The summed E-state index contributed by atoms with van der Waals surface area (Å²) in [6, 6.07) is 178. The molecule has 0 atom stereocenters. The Morgan fingerprint density at radius 1 is 0.148 bits per heavy atom. The van der Waals surface area contributed by atoms with E-state index in [-0.39, 0.29) is 0 Å². The van der Waals surface area contributed by atoms with Crippen molar-refractivity contribution in [3.63, 3.8) is 0 Å². The second-order valence-corrected chi connectivity index (χ2v) is 31.5. The Kier molecular flexibility index (Phi) is 18.6. The van der Waals surface area contributed by atoms with E-state index in [0.29, 0.717) is 0 Å². The molecule has 572 valence electrons. The van der Waals surface area contributed by atoms with Crippen LogP contribution in [-0.4, -0.2) is 9.13 Å². The van der Waals surface area contributed by atoms with Gasteiger partial charge in [-0.1, -0.05) is 334 Å². The van der Waals surface area contributed by atoms with Gasteiger partial charge in [-0.05, 0) is 263 Å². The fraction of sp³-hybridized carbons (Fsp3) is 0. The van der Waals surface area contributed by atoms with Crippen LogP contribution in [0.25, 0.3) is 177 Å². The number of fused-ring (bicyclic) bond motifs is 7. The van der Waals surface area contributed by atoms with Crippen LogP contribution in [-0.2, 0) is 0 Å². The van der Waals surface area contributed by atoms with Gasteiger partial charge in [0.15, 0.2) is 0 Å². The molecule has 20 aromatic carbocycles. The Morgan fingerprint density at radius 3 is 0.902 bits per heavy atom. The summed E-state index contributed by atoms with van der Waals surface area (Å²) >= 11 is 0. The van der Waals surface area contributed by atoms with Crippen LogP contribution < -0.4 is 9.80 Å². The van der Waals surface area contributed by atoms with Crippen LogP contribution in [0.1, 0.15) is 0 Å². The molecule has 2 aromatic heterocycles. The van der Waals surface area contributed by atoms with Crippen molar-refractivity contribution in [1.82, 2.24) is 9.13 Å². The van der Waals surface area contributed by atoms with E-state index in [1.807, 2.05) is 0 Å². The first-order valence-electron chi connectivity index (χ1n) is 41.9. The van der Waals surface area contributed by atoms with E-state index in [9.17, 15) is 0 Å². The molecule has 4 nitrogen and oxygen atoms in total. The predicted octanol–water partition coefficient (Wildman–Crippen LogP) is 32.6. The average molecular weight is 1550 g/mol. The molecule has 0 aliphatic rings. The maximum atomic E-state index is 2.44. The lowest BCUT2D eigenvalue weighted by molar-refractivity contribution is 1.18. The van der Waals surface area contributed by atoms with Gasteiger partial charge in [0.05, 0.1) is 33.4 Å². The van der Waals surface area contributed by atoms with Gasteiger partial charge in [-0.15, -0.1) is 0 Å². The van der Waals surface area contributed by atoms with E-state index >= 15 is 0 Å². The Bertz CT molecular complexity index is 7570. The summed E-state index contributed by atoms with van der Waals surface area (Å²) in [6.45, 7) is 0. The van der Waals surface area contributed by atoms with Crippen LogP contribution in [0.4, 0.5) is 34.1 Å². The molecular weight excluding hydrogens is 1470 g/mol. The highest BCUT2D eigenvalue weighted by molar-refractivity contribution is 6.18. The van der Waals surface area contributed by atoms with Gasteiger partial charge in [-0.25, -0.2) is 0 Å². The van der Waals surface area contributed by atoms with Gasteiger partial charge in [0.1, 0.15) is 0 Å². The number of anilines is 6. The largest absolute Gasteiger partial charge is 0.310 e. The lowest BCUT2D eigenvalue weighted by atomic mass is 9.92. The molecule has 22 rings (SSSR count). The van der Waals surface area contributed by atoms with Crippen molar-refractivity contribution in [3.8, 4) is 123 Å². The molecule has 0 N–H and O–H groups in total. The molecule has 122 heavy (non-hydrogen) atoms. The van der Waals surface area contributed by atoms with Crippen LogP contribution in [0.15, 0.2) is 485 Å². The number of aromatic nitrogens is 2. The topological polar surface area (TPSA) is 16.3 Å². The summed E-state index contributed by atoms with van der Waals surface area (Å²) in [5, 5.41) is 7.32. The average Bonchev–Trinajstić information content (AvgIpc) is 1.56. The Labute approximate surface area is 710 Å². The Morgan fingerprint density at radius 2 is 0.434 bits per heavy atom. The molecule has 0 saturated heterocycles. The van der Waals surface area contributed by atoms with E-state index in [0.717, 1.165) is 118 Å². The fourth-order valence-corrected chi connectivity index (χ4v) is 18.6. The molecule has 0 radical (unpaired) electrons. The summed E-state index contributed by atoms with van der Waals surface area (Å²) < 4.78 is 4.84. The first kappa shape index (κ1) is 72.3. The van der Waals surface area contributed by atoms with E-state index in [1.165, 1.54) is 93.4 Å². The number of hydrogen-bond donors (Lipinski definition) is 0. The van der Waals surface area contributed by atoms with Crippen LogP contribution >= 0.6 is 0 Å². The zero-order valence-corrected chi connectivity index (χ0v) is 67.0. The van der Waals surface area contributed by atoms with E-state index < -0.39 is 0 Å². The smallest absolute Gasteiger partial charge is 0.0547 e. The minimum atomic E-state index is 1.07. The molecule has 22 aromatic rings. The normalized spacial score (nSPS) is 11.4. The SMILES string of the molecule is c1ccc(-c2cc(-c3ccccc3)cc(-c3ccc(N(c4ccccc4)c4ccccc4-c4cccc(-c5cccc6c5c5ccccc5n6-c5ccc(-c6cc(-c7ccc(-c8ccc(N(c9ccccc9)c9ccccc9-c9cccc(-c%10cccc%11c%10c%10ccccc%10n%11-c%10ccccc%10)c9)cc8)cc7)c7ccccc7c6)cc5)c4)cc3)c2)cc1. The summed E-state index contributed by atoms with van der Waals surface area (Å²) in [4.78, 5) is 4.79. The zero-order valence-electron chi connectivity index (χ0n) is 67.0. The molecule has 0 saturated carbocycles. The van der Waals surface area contributed by atoms with Crippen LogP contribution in [0.5, 0.6) is 0 Å². The second kappa shape index (κ2) is 31.4. The fourth-order valence-electron chi connectivity index (χ4n) is 18.6. The molecular formula is C118H80N4. The molecule has 0 unspecified atom stereocenters. The van der Waals surface area contributed by atoms with Gasteiger partial charge in [-0.3, -0.25) is 0 Å². The van der Waals surface area contributed by atoms with E-state index in [1.54, 1.807) is 0 Å². The van der Waals surface area contributed by atoms with E-state index in [4.69, 9.17) is 0 Å². The molecule has 0 bridgehead atoms. The highest BCUT2D eigenvalue weighted by atomic mass is 15.2. The third-order valence-corrected chi connectivity index (χ3v) is 24.3. The lowest BCUT2D eigenvalue weighted by Crippen LogP contribution is -2.11. The van der Waals surface area contributed by atoms with Crippen molar-refractivity contribution in [2.24, 2.45) is 0 Å². The highest BCUT2D eigenvalue weighted by Gasteiger charge is 2.24. The highest BCUT2D eigenvalue weighted by Crippen LogP contribution is 2.49. The van der Waals surface area contributed by atoms with Gasteiger partial charge in [0, 0.05) is 66.8 Å². The van der Waals surface area contributed by atoms with Gasteiger partial charge in [0.2, 0.25) is 0 Å². The van der Waals surface area contributed by atoms with Crippen LogP contribution in [0.3, 0.4) is 0 Å². The monoisotopic (exact) mass is 1550 g/mol. The molecule has 2 heterocycles. The zero-order chi connectivity index (χ0) is 80.8. The van der Waals surface area contributed by atoms with Gasteiger partial charge < -0.3 is 18.9 Å². The number of para-hydroxylation sites is 7. The number of benzene rings is 20. The minimum Gasteiger partial charge on any atom is -0.310 e. The van der Waals surface area contributed by atoms with E-state index in [2.05, 4.69) is 504 Å². The maximum Gasteiger partial charge on any atom is 0.0547 e. The Hall–Kier alpha value is -16.1. The van der Waals surface area contributed by atoms with Gasteiger partial charge in [0.25, 0.3) is 0 Å². The third kappa shape index (κ3) is 13.4. The standard InChI is InChI=1S/C118H80N4/c1-6-30-81(31-7-1)93-77-94(82-32-8-2-9-33-82)79-95(78-93)85-64-70-101(71-65-85)120(98-41-12-4-13-42-98)112-53-23-19-47-105(112)90-36-27-38-92(75-90)107-51-29-57-116-118(107)109-49-21-25-55-114(109)122(116)102-72-66-86(67-73-102)96-76-88-34-16-17-45-103(88)110(80-96)87-60-58-83(59-61-87)84-62-68-100(69-63-84)119(97-39-10-3-11-40-97)111-52-22-18-46-104(111)89-35-26-37-91(74-89)106-50-28-56-115-117(106)108-48-20-24-54-113(108)121(115)99-43-14-5-15-44-99/h1-80H. The molecule has 0 aliphatic heterocycles. The molecule has 0 amide bonds. The lowest BCUT2D eigenvalue weighted by Gasteiger charge is -2.28. The third-order valence-electron chi connectivity index (χ3n) is 24.3. The first-order chi connectivity index (χ1) is 60.5. The number of hydrogen-bond acceptors (Lipinski definition) is 2. The number of nitrogens with zero attached hydrogens (tertiary/aromatic N) is 4. The predicted molar refractivity (Wildman–Crippen MR) is 516 cm³/mol. The summed E-state index contributed by atoms with van der Waals surface area (Å²) in [5.41, 5.74) is 36.7. The summed E-state index contributed by atoms with van der Waals surface area (Å²) in [5.74, 6) is 0. The van der Waals surface area contributed by atoms with Crippen molar-refractivity contribution in [2.45, 2.75) is 0 Å². The van der Waals surface area contributed by atoms with Gasteiger partial charge >= 0.3 is 0 Å². The van der Waals surface area contributed by atoms with Crippen molar-refractivity contribution < 1.29 is 0 Å². The molecule has 4 heteroatoms. The van der Waals surface area contributed by atoms with Crippen LogP contribution in [0.2, 0.25) is 0 Å². The van der Waals surface area contributed by atoms with Crippen molar-refractivity contribution in [3.05, 3.63) is 485 Å². The quantitative estimate of drug-likeness (QED) is 0.0851. The summed E-state index contributed by atoms with van der Waals surface area (Å²) in [6.07, 6.45) is 0. The number of rotatable bonds is 18. The maximum absolute atomic E-state index is 2.44. The minimum absolute atomic E-state index is 1.07. The molecule has 0 fully saturated rings. The first-order valence-corrected chi connectivity index (χ1v) is 41.9. The second-order valence-electron chi connectivity index (χ2n) is 31.5. The van der Waals surface area contributed by atoms with Crippen LogP contribution in [0, 0.1) is 0 Å². The van der Waals surface area contributed by atoms with Crippen molar-refractivity contribution >= 4 is 88.5 Å². The van der Waals surface area contributed by atoms with Crippen molar-refractivity contribution in [1.29, 1.82) is 0 Å². The molecule has 0 aliphatic carbocycles. The summed E-state index contributed by atoms with van der Waals surface area (Å²) in [7, 11) is 0. The van der Waals surface area contributed by atoms with Crippen molar-refractivity contribution in [2.75, 3.05) is 9.80 Å². The van der Waals surface area contributed by atoms with Gasteiger partial charge in [-0.2, -0.15) is 0 Å².